The predicted octanol–water partition coefficient (Wildman–Crippen LogP) is 1.81. The van der Waals surface area contributed by atoms with Gasteiger partial charge in [-0.1, -0.05) is 11.6 Å². The maximum Gasteiger partial charge on any atom is 0.280 e. The SMILES string of the molecule is Cl.NCC(=O)c1cc(Cl)ccc1[N+](=O)[O-]. The summed E-state index contributed by atoms with van der Waals surface area (Å²) in [5.41, 5.74) is 4.78. The fourth-order valence-electron chi connectivity index (χ4n) is 1.00. The van der Waals surface area contributed by atoms with Gasteiger partial charge < -0.3 is 5.73 Å². The summed E-state index contributed by atoms with van der Waals surface area (Å²) in [6.45, 7) is -0.277. The normalized spacial score (nSPS) is 9.20. The number of Topliss-reactive ketones (excluding diaryl/α,β-unsaturated/α-hetero) is 1. The summed E-state index contributed by atoms with van der Waals surface area (Å²) in [6.07, 6.45) is 0. The van der Waals surface area contributed by atoms with E-state index in [9.17, 15) is 14.9 Å². The standard InChI is InChI=1S/C8H7ClN2O3.ClH/c9-5-1-2-7(11(13)14)6(3-5)8(12)4-10;/h1-3H,4,10H2;1H. The topological polar surface area (TPSA) is 86.2 Å². The number of nitrogens with zero attached hydrogens (tertiary/aromatic N) is 1. The van der Waals surface area contributed by atoms with Crippen molar-refractivity contribution in [3.63, 3.8) is 0 Å². The molecule has 2 N–H and O–H groups in total. The third kappa shape index (κ3) is 3.16. The van der Waals surface area contributed by atoms with E-state index in [1.54, 1.807) is 0 Å². The second-order valence-electron chi connectivity index (χ2n) is 2.55. The molecule has 15 heavy (non-hydrogen) atoms. The minimum atomic E-state index is -0.640. The molecule has 1 rings (SSSR count). The van der Waals surface area contributed by atoms with Crippen molar-refractivity contribution >= 4 is 35.5 Å². The molecule has 0 atom stereocenters. The van der Waals surface area contributed by atoms with Gasteiger partial charge >= 0.3 is 0 Å². The number of ketones is 1. The van der Waals surface area contributed by atoms with E-state index in [1.807, 2.05) is 0 Å². The molecular weight excluding hydrogens is 243 g/mol. The Labute approximate surface area is 96.8 Å². The number of benzene rings is 1. The first-order valence-corrected chi connectivity index (χ1v) is 4.11. The molecule has 0 radical (unpaired) electrons. The molecule has 0 unspecified atom stereocenters. The van der Waals surface area contributed by atoms with Gasteiger partial charge in [-0.15, -0.1) is 12.4 Å². The first-order chi connectivity index (χ1) is 6.56. The first-order valence-electron chi connectivity index (χ1n) is 3.73. The summed E-state index contributed by atoms with van der Waals surface area (Å²) in [5, 5.41) is 10.8. The van der Waals surface area contributed by atoms with Crippen molar-refractivity contribution in [1.82, 2.24) is 0 Å². The summed E-state index contributed by atoms with van der Waals surface area (Å²) < 4.78 is 0. The van der Waals surface area contributed by atoms with Crippen LogP contribution in [-0.4, -0.2) is 17.3 Å². The molecule has 0 amide bonds. The molecule has 0 heterocycles. The van der Waals surface area contributed by atoms with E-state index in [-0.39, 0.29) is 35.2 Å². The van der Waals surface area contributed by atoms with Crippen LogP contribution >= 0.6 is 24.0 Å². The average Bonchev–Trinajstić information content (AvgIpc) is 2.16. The van der Waals surface area contributed by atoms with E-state index in [4.69, 9.17) is 17.3 Å². The number of carbonyl (C=O) groups is 1. The van der Waals surface area contributed by atoms with E-state index < -0.39 is 10.7 Å². The molecule has 0 aromatic heterocycles. The van der Waals surface area contributed by atoms with Crippen molar-refractivity contribution in [1.29, 1.82) is 0 Å². The second-order valence-corrected chi connectivity index (χ2v) is 2.98. The third-order valence-electron chi connectivity index (χ3n) is 1.64. The molecule has 0 saturated carbocycles. The van der Waals surface area contributed by atoms with Gasteiger partial charge in [-0.05, 0) is 12.1 Å². The number of nitrogens with two attached hydrogens (primary N) is 1. The zero-order chi connectivity index (χ0) is 10.7. The zero-order valence-electron chi connectivity index (χ0n) is 7.47. The van der Waals surface area contributed by atoms with Crippen LogP contribution in [0.15, 0.2) is 18.2 Å². The van der Waals surface area contributed by atoms with Gasteiger partial charge in [0.1, 0.15) is 0 Å². The largest absolute Gasteiger partial charge is 0.324 e. The Morgan fingerprint density at radius 1 is 1.53 bits per heavy atom. The molecule has 0 fully saturated rings. The Morgan fingerprint density at radius 2 is 2.13 bits per heavy atom. The number of hydrogen-bond acceptors (Lipinski definition) is 4. The molecule has 0 aliphatic heterocycles. The molecule has 0 spiro atoms. The van der Waals surface area contributed by atoms with Crippen molar-refractivity contribution in [2.75, 3.05) is 6.54 Å². The first kappa shape index (κ1) is 13.8. The van der Waals surface area contributed by atoms with E-state index in [0.29, 0.717) is 0 Å². The van der Waals surface area contributed by atoms with Crippen LogP contribution in [0, 0.1) is 10.1 Å². The highest BCUT2D eigenvalue weighted by Crippen LogP contribution is 2.22. The summed E-state index contributed by atoms with van der Waals surface area (Å²) in [5.74, 6) is -0.501. The summed E-state index contributed by atoms with van der Waals surface area (Å²) in [7, 11) is 0. The average molecular weight is 251 g/mol. The number of nitro groups is 1. The minimum absolute atomic E-state index is 0. The Morgan fingerprint density at radius 3 is 2.60 bits per heavy atom. The van der Waals surface area contributed by atoms with Gasteiger partial charge in [0.2, 0.25) is 0 Å². The highest BCUT2D eigenvalue weighted by atomic mass is 35.5. The van der Waals surface area contributed by atoms with Crippen LogP contribution in [0.3, 0.4) is 0 Å². The molecule has 1 aromatic carbocycles. The van der Waals surface area contributed by atoms with E-state index in [1.165, 1.54) is 18.2 Å². The lowest BCUT2D eigenvalue weighted by molar-refractivity contribution is -0.385. The summed E-state index contributed by atoms with van der Waals surface area (Å²) in [6, 6.07) is 3.78. The van der Waals surface area contributed by atoms with Crippen LogP contribution in [0.4, 0.5) is 5.69 Å². The Bertz CT molecular complexity index is 395. The van der Waals surface area contributed by atoms with Gasteiger partial charge in [-0.2, -0.15) is 0 Å². The van der Waals surface area contributed by atoms with Gasteiger partial charge in [0.15, 0.2) is 5.78 Å². The van der Waals surface area contributed by atoms with Gasteiger partial charge in [0.25, 0.3) is 5.69 Å². The fourth-order valence-corrected chi connectivity index (χ4v) is 1.17. The minimum Gasteiger partial charge on any atom is -0.324 e. The quantitative estimate of drug-likeness (QED) is 0.504. The second kappa shape index (κ2) is 5.65. The fraction of sp³-hybridized carbons (Fsp3) is 0.125. The van der Waals surface area contributed by atoms with Gasteiger partial charge in [-0.25, -0.2) is 0 Å². The van der Waals surface area contributed by atoms with Crippen LogP contribution in [-0.2, 0) is 0 Å². The van der Waals surface area contributed by atoms with E-state index in [0.717, 1.165) is 0 Å². The summed E-state index contributed by atoms with van der Waals surface area (Å²) >= 11 is 5.61. The molecule has 1 aromatic rings. The van der Waals surface area contributed by atoms with Crippen LogP contribution in [0.2, 0.25) is 5.02 Å². The molecule has 0 aliphatic carbocycles. The molecule has 0 saturated heterocycles. The summed E-state index contributed by atoms with van der Waals surface area (Å²) in [4.78, 5) is 21.1. The van der Waals surface area contributed by atoms with E-state index in [2.05, 4.69) is 0 Å². The molecule has 0 aliphatic rings. The molecule has 7 heteroatoms. The van der Waals surface area contributed by atoms with Crippen molar-refractivity contribution in [2.24, 2.45) is 5.73 Å². The maximum absolute atomic E-state index is 11.2. The highest BCUT2D eigenvalue weighted by molar-refractivity contribution is 6.31. The lowest BCUT2D eigenvalue weighted by atomic mass is 10.1. The number of halogens is 2. The van der Waals surface area contributed by atoms with Crippen LogP contribution in [0.1, 0.15) is 10.4 Å². The van der Waals surface area contributed by atoms with Crippen molar-refractivity contribution in [2.45, 2.75) is 0 Å². The van der Waals surface area contributed by atoms with Crippen LogP contribution in [0.5, 0.6) is 0 Å². The molecule has 5 nitrogen and oxygen atoms in total. The van der Waals surface area contributed by atoms with Gasteiger partial charge in [0, 0.05) is 11.1 Å². The zero-order valence-corrected chi connectivity index (χ0v) is 9.05. The molecule has 0 bridgehead atoms. The molecular formula is C8H8Cl2N2O3. The third-order valence-corrected chi connectivity index (χ3v) is 1.88. The Balaban J connectivity index is 0.00000196. The smallest absolute Gasteiger partial charge is 0.280 e. The number of carbonyl (C=O) groups excluding carboxylic acids is 1. The maximum atomic E-state index is 11.2. The number of rotatable bonds is 3. The van der Waals surface area contributed by atoms with Crippen molar-refractivity contribution < 1.29 is 9.72 Å². The number of nitro benzene ring substituents is 1. The van der Waals surface area contributed by atoms with Gasteiger partial charge in [-0.3, -0.25) is 14.9 Å². The molecule has 82 valence electrons. The van der Waals surface area contributed by atoms with E-state index >= 15 is 0 Å². The number of hydrogen-bond donors (Lipinski definition) is 1. The Hall–Kier alpha value is -1.17. The highest BCUT2D eigenvalue weighted by Gasteiger charge is 2.18. The Kier molecular flexibility index (Phi) is 5.21. The van der Waals surface area contributed by atoms with Crippen molar-refractivity contribution in [3.05, 3.63) is 38.9 Å². The monoisotopic (exact) mass is 250 g/mol. The predicted molar refractivity (Wildman–Crippen MR) is 58.7 cm³/mol. The van der Waals surface area contributed by atoms with Crippen molar-refractivity contribution in [3.8, 4) is 0 Å². The van der Waals surface area contributed by atoms with Crippen LogP contribution < -0.4 is 5.73 Å². The lowest BCUT2D eigenvalue weighted by Crippen LogP contribution is -2.15. The lowest BCUT2D eigenvalue weighted by Gasteiger charge is -2.00. The van der Waals surface area contributed by atoms with Crippen LogP contribution in [0.25, 0.3) is 0 Å². The van der Waals surface area contributed by atoms with Gasteiger partial charge in [0.05, 0.1) is 17.0 Å².